The number of carbonyl (C=O) groups is 1. The molecule has 0 aromatic heterocycles. The average Bonchev–Trinajstić information content (AvgIpc) is 3.31. The Morgan fingerprint density at radius 3 is 2.57 bits per heavy atom. The molecular weight excluding hydrogens is 284 g/mol. The van der Waals surface area contributed by atoms with E-state index < -0.39 is 0 Å². The molecule has 21 heavy (non-hydrogen) atoms. The van der Waals surface area contributed by atoms with Crippen molar-refractivity contribution in [2.45, 2.75) is 12.3 Å². The van der Waals surface area contributed by atoms with Gasteiger partial charge in [-0.25, -0.2) is 5.43 Å². The second-order valence-electron chi connectivity index (χ2n) is 5.15. The van der Waals surface area contributed by atoms with E-state index in [1.54, 1.807) is 18.3 Å². The van der Waals surface area contributed by atoms with E-state index in [2.05, 4.69) is 22.7 Å². The van der Waals surface area contributed by atoms with Gasteiger partial charge in [-0.05, 0) is 35.6 Å². The number of nitrogens with one attached hydrogen (secondary N) is 1. The summed E-state index contributed by atoms with van der Waals surface area (Å²) >= 11 is 5.81. The topological polar surface area (TPSA) is 41.5 Å². The minimum absolute atomic E-state index is 0.0194. The summed E-state index contributed by atoms with van der Waals surface area (Å²) in [5.41, 5.74) is 4.72. The summed E-state index contributed by atoms with van der Waals surface area (Å²) < 4.78 is 0. The molecule has 106 valence electrons. The number of carbonyl (C=O) groups excluding carboxylic acids is 1. The van der Waals surface area contributed by atoms with E-state index in [1.807, 2.05) is 30.3 Å². The van der Waals surface area contributed by atoms with Crippen LogP contribution in [0.25, 0.3) is 0 Å². The fraction of sp³-hybridized carbons (Fsp3) is 0.176. The molecule has 0 heterocycles. The molecule has 1 fully saturated rings. The lowest BCUT2D eigenvalue weighted by Gasteiger charge is -2.00. The van der Waals surface area contributed by atoms with Crippen LogP contribution >= 0.6 is 11.6 Å². The van der Waals surface area contributed by atoms with Gasteiger partial charge < -0.3 is 0 Å². The number of amides is 1. The molecule has 0 bridgehead atoms. The van der Waals surface area contributed by atoms with Crippen molar-refractivity contribution >= 4 is 23.7 Å². The van der Waals surface area contributed by atoms with Gasteiger partial charge in [0.2, 0.25) is 5.91 Å². The van der Waals surface area contributed by atoms with Crippen LogP contribution in [0, 0.1) is 5.92 Å². The number of benzene rings is 2. The van der Waals surface area contributed by atoms with Crippen LogP contribution in [0.4, 0.5) is 0 Å². The third-order valence-electron chi connectivity index (χ3n) is 3.61. The van der Waals surface area contributed by atoms with Gasteiger partial charge in [0.1, 0.15) is 0 Å². The van der Waals surface area contributed by atoms with Gasteiger partial charge in [-0.3, -0.25) is 4.79 Å². The summed E-state index contributed by atoms with van der Waals surface area (Å²) in [5, 5.41) is 4.67. The van der Waals surface area contributed by atoms with Crippen molar-refractivity contribution in [3.05, 3.63) is 70.7 Å². The first-order valence-electron chi connectivity index (χ1n) is 6.87. The zero-order valence-corrected chi connectivity index (χ0v) is 12.1. The molecular formula is C17H15ClN2O. The number of nitrogens with zero attached hydrogens (tertiary/aromatic N) is 1. The highest BCUT2D eigenvalue weighted by Gasteiger charge is 2.43. The summed E-state index contributed by atoms with van der Waals surface area (Å²) in [4.78, 5) is 12.0. The van der Waals surface area contributed by atoms with Crippen LogP contribution in [0.1, 0.15) is 23.5 Å². The molecule has 3 rings (SSSR count). The molecule has 1 aliphatic carbocycles. The molecule has 0 saturated heterocycles. The first kappa shape index (κ1) is 13.8. The molecule has 0 spiro atoms. The van der Waals surface area contributed by atoms with Crippen LogP contribution in [0.5, 0.6) is 0 Å². The Hall–Kier alpha value is -2.13. The Bertz CT molecular complexity index is 652. The van der Waals surface area contributed by atoms with Gasteiger partial charge in [-0.1, -0.05) is 54.1 Å². The molecule has 1 aliphatic rings. The van der Waals surface area contributed by atoms with Crippen LogP contribution in [0.15, 0.2) is 59.7 Å². The van der Waals surface area contributed by atoms with E-state index in [0.29, 0.717) is 10.9 Å². The molecule has 1 N–H and O–H groups in total. The molecule has 0 radical (unpaired) electrons. The number of halogens is 1. The van der Waals surface area contributed by atoms with Gasteiger partial charge in [-0.2, -0.15) is 5.10 Å². The largest absolute Gasteiger partial charge is 0.273 e. The van der Waals surface area contributed by atoms with Crippen LogP contribution in [-0.2, 0) is 4.79 Å². The van der Waals surface area contributed by atoms with Gasteiger partial charge in [-0.15, -0.1) is 0 Å². The van der Waals surface area contributed by atoms with Gasteiger partial charge >= 0.3 is 0 Å². The average molecular weight is 299 g/mol. The Labute approximate surface area is 128 Å². The van der Waals surface area contributed by atoms with Crippen LogP contribution in [-0.4, -0.2) is 12.1 Å². The molecule has 4 heteroatoms. The lowest BCUT2D eigenvalue weighted by molar-refractivity contribution is -0.122. The number of rotatable bonds is 4. The first-order chi connectivity index (χ1) is 10.2. The summed E-state index contributed by atoms with van der Waals surface area (Å²) in [5.74, 6) is 0.348. The van der Waals surface area contributed by atoms with Gasteiger partial charge in [0, 0.05) is 10.9 Å². The summed E-state index contributed by atoms with van der Waals surface area (Å²) in [6, 6.07) is 17.4. The normalized spacial score (nSPS) is 20.4. The zero-order valence-electron chi connectivity index (χ0n) is 11.4. The van der Waals surface area contributed by atoms with Crippen LogP contribution in [0.2, 0.25) is 5.02 Å². The van der Waals surface area contributed by atoms with Gasteiger partial charge in [0.15, 0.2) is 0 Å². The Morgan fingerprint density at radius 1 is 1.14 bits per heavy atom. The van der Waals surface area contributed by atoms with Crippen molar-refractivity contribution in [3.8, 4) is 0 Å². The Balaban J connectivity index is 1.53. The highest BCUT2D eigenvalue weighted by Crippen LogP contribution is 2.47. The van der Waals surface area contributed by atoms with E-state index in [1.165, 1.54) is 5.56 Å². The van der Waals surface area contributed by atoms with Crippen molar-refractivity contribution < 1.29 is 4.79 Å². The number of hydrazone groups is 1. The van der Waals surface area contributed by atoms with Crippen LogP contribution in [0.3, 0.4) is 0 Å². The maximum atomic E-state index is 12.0. The van der Waals surface area contributed by atoms with Crippen molar-refractivity contribution in [3.63, 3.8) is 0 Å². The fourth-order valence-electron chi connectivity index (χ4n) is 2.36. The fourth-order valence-corrected chi connectivity index (χ4v) is 2.48. The standard InChI is InChI=1S/C17H15ClN2O/c18-14-8-6-12(7-9-14)11-19-20-17(21)16-10-15(16)13-4-2-1-3-5-13/h1-9,11,15-16H,10H2,(H,20,21)/t15-,16+/m1/s1. The smallest absolute Gasteiger partial charge is 0.243 e. The van der Waals surface area contributed by atoms with E-state index >= 15 is 0 Å². The number of hydrogen-bond donors (Lipinski definition) is 1. The molecule has 0 unspecified atom stereocenters. The van der Waals surface area contributed by atoms with Crippen molar-refractivity contribution in [1.29, 1.82) is 0 Å². The van der Waals surface area contributed by atoms with E-state index in [0.717, 1.165) is 12.0 Å². The van der Waals surface area contributed by atoms with Crippen molar-refractivity contribution in [2.75, 3.05) is 0 Å². The molecule has 3 nitrogen and oxygen atoms in total. The third kappa shape index (κ3) is 3.50. The minimum Gasteiger partial charge on any atom is -0.273 e. The molecule has 1 amide bonds. The van der Waals surface area contributed by atoms with E-state index in [4.69, 9.17) is 11.6 Å². The maximum absolute atomic E-state index is 12.0. The van der Waals surface area contributed by atoms with Crippen molar-refractivity contribution in [2.24, 2.45) is 11.0 Å². The lowest BCUT2D eigenvalue weighted by Crippen LogP contribution is -2.20. The molecule has 1 saturated carbocycles. The van der Waals surface area contributed by atoms with E-state index in [9.17, 15) is 4.79 Å². The Morgan fingerprint density at radius 2 is 1.86 bits per heavy atom. The maximum Gasteiger partial charge on any atom is 0.243 e. The van der Waals surface area contributed by atoms with Gasteiger partial charge in [0.05, 0.1) is 6.21 Å². The molecule has 0 aliphatic heterocycles. The SMILES string of the molecule is O=C(NN=Cc1ccc(Cl)cc1)[C@H]1C[C@@H]1c1ccccc1. The molecule has 2 aromatic carbocycles. The Kier molecular flexibility index (Phi) is 4.02. The highest BCUT2D eigenvalue weighted by atomic mass is 35.5. The predicted octanol–water partition coefficient (Wildman–Crippen LogP) is 3.59. The minimum atomic E-state index is -0.0194. The van der Waals surface area contributed by atoms with E-state index in [-0.39, 0.29) is 11.8 Å². The summed E-state index contributed by atoms with van der Waals surface area (Å²) in [7, 11) is 0. The van der Waals surface area contributed by atoms with Crippen molar-refractivity contribution in [1.82, 2.24) is 5.43 Å². The molecule has 2 atom stereocenters. The predicted molar refractivity (Wildman–Crippen MR) is 84.5 cm³/mol. The first-order valence-corrected chi connectivity index (χ1v) is 7.25. The second kappa shape index (κ2) is 6.10. The summed E-state index contributed by atoms with van der Waals surface area (Å²) in [6.07, 6.45) is 2.51. The summed E-state index contributed by atoms with van der Waals surface area (Å²) in [6.45, 7) is 0. The second-order valence-corrected chi connectivity index (χ2v) is 5.58. The van der Waals surface area contributed by atoms with Crippen LogP contribution < -0.4 is 5.43 Å². The lowest BCUT2D eigenvalue weighted by atomic mass is 10.1. The van der Waals surface area contributed by atoms with Gasteiger partial charge in [0.25, 0.3) is 0 Å². The highest BCUT2D eigenvalue weighted by molar-refractivity contribution is 6.30. The number of hydrogen-bond acceptors (Lipinski definition) is 2. The third-order valence-corrected chi connectivity index (χ3v) is 3.87. The molecule has 2 aromatic rings. The monoisotopic (exact) mass is 298 g/mol. The zero-order chi connectivity index (χ0) is 14.7. The quantitative estimate of drug-likeness (QED) is 0.680.